The minimum absolute atomic E-state index is 0.161. The van der Waals surface area contributed by atoms with Crippen molar-refractivity contribution < 1.29 is 26.2 Å². The van der Waals surface area contributed by atoms with E-state index in [4.69, 9.17) is 10.3 Å². The van der Waals surface area contributed by atoms with E-state index in [-0.39, 0.29) is 16.6 Å². The number of benzene rings is 3. The molecule has 0 fully saturated rings. The summed E-state index contributed by atoms with van der Waals surface area (Å²) in [6.45, 7) is 0. The van der Waals surface area contributed by atoms with Crippen LogP contribution in [-0.4, -0.2) is 41.0 Å². The highest BCUT2D eigenvalue weighted by Crippen LogP contribution is 2.23. The van der Waals surface area contributed by atoms with Gasteiger partial charge in [0.25, 0.3) is 20.1 Å². The van der Waals surface area contributed by atoms with Gasteiger partial charge < -0.3 is 11.1 Å². The smallest absolute Gasteiger partial charge is 0.269 e. The van der Waals surface area contributed by atoms with E-state index < -0.39 is 20.1 Å². The Labute approximate surface area is 249 Å². The van der Waals surface area contributed by atoms with E-state index in [1.165, 1.54) is 24.5 Å². The molecule has 0 bridgehead atoms. The fourth-order valence-electron chi connectivity index (χ4n) is 3.89. The summed E-state index contributed by atoms with van der Waals surface area (Å²) in [4.78, 5) is 12.3. The lowest BCUT2D eigenvalue weighted by atomic mass is 10.1. The van der Waals surface area contributed by atoms with Gasteiger partial charge in [0.2, 0.25) is 5.91 Å². The van der Waals surface area contributed by atoms with E-state index in [9.17, 15) is 21.6 Å². The summed E-state index contributed by atoms with van der Waals surface area (Å²) in [5.41, 5.74) is 9.72. The zero-order chi connectivity index (χ0) is 31.0. The van der Waals surface area contributed by atoms with Gasteiger partial charge in [-0.15, -0.1) is 0 Å². The van der Waals surface area contributed by atoms with Gasteiger partial charge in [-0.1, -0.05) is 54.6 Å². The summed E-state index contributed by atoms with van der Waals surface area (Å²) < 4.78 is 57.9. The molecule has 0 atom stereocenters. The van der Waals surface area contributed by atoms with Crippen molar-refractivity contribution in [2.75, 3.05) is 11.1 Å². The molecule has 4 N–H and O–H groups in total. The SMILES string of the molecule is Cn1cc(-c2ccc(S(=O)(=O)n3ccc(/C=C/C(=O)Nc4ccccc4N)c3)cc2)cn1.O=S(=O)(O)Cc1ccccc1. The fraction of sp³-hybridized carbons (Fsp3) is 0.0667. The number of carbonyl (C=O) groups excluding carboxylic acids is 1. The number of aryl methyl sites for hydroxylation is 1. The molecule has 11 nitrogen and oxygen atoms in total. The van der Waals surface area contributed by atoms with Crippen LogP contribution < -0.4 is 11.1 Å². The number of anilines is 2. The summed E-state index contributed by atoms with van der Waals surface area (Å²) >= 11 is 0. The molecule has 0 unspecified atom stereocenters. The van der Waals surface area contributed by atoms with Crippen LogP contribution in [0.3, 0.4) is 0 Å². The molecule has 5 aromatic rings. The molecule has 1 amide bonds. The van der Waals surface area contributed by atoms with E-state index in [1.807, 2.05) is 13.2 Å². The normalized spacial score (nSPS) is 11.6. The van der Waals surface area contributed by atoms with Gasteiger partial charge in [0.1, 0.15) is 5.75 Å². The van der Waals surface area contributed by atoms with Crippen molar-refractivity contribution in [3.8, 4) is 11.1 Å². The highest BCUT2D eigenvalue weighted by atomic mass is 32.2. The van der Waals surface area contributed by atoms with Crippen LogP contribution in [0.2, 0.25) is 0 Å². The number of nitrogens with zero attached hydrogens (tertiary/aromatic N) is 3. The van der Waals surface area contributed by atoms with E-state index in [0.29, 0.717) is 22.5 Å². The number of rotatable bonds is 8. The molecule has 0 saturated heterocycles. The Balaban J connectivity index is 0.000000324. The van der Waals surface area contributed by atoms with Crippen LogP contribution in [0.1, 0.15) is 11.1 Å². The summed E-state index contributed by atoms with van der Waals surface area (Å²) in [6, 6.07) is 23.7. The molecule has 0 radical (unpaired) electrons. The first kappa shape index (κ1) is 31.0. The summed E-state index contributed by atoms with van der Waals surface area (Å²) in [5, 5.41) is 6.81. The van der Waals surface area contributed by atoms with E-state index >= 15 is 0 Å². The largest absolute Gasteiger partial charge is 0.397 e. The maximum absolute atomic E-state index is 12.9. The number of para-hydroxylation sites is 2. The standard InChI is InChI=1S/C23H21N5O3S.C7H8O3S/c1-27-16-19(14-25-27)18-7-9-20(10-8-18)32(30,31)28-13-12-17(15-28)6-11-23(29)26-22-5-3-2-4-21(22)24;8-11(9,10)6-7-4-2-1-3-5-7/h2-16H,24H2,1H3,(H,26,29);1-5H,6H2,(H,8,9,10)/b11-6+;. The monoisotopic (exact) mass is 619 g/mol. The van der Waals surface area contributed by atoms with Crippen LogP contribution >= 0.6 is 0 Å². The third kappa shape index (κ3) is 8.75. The number of nitrogens with one attached hydrogen (secondary N) is 1. The van der Waals surface area contributed by atoms with Gasteiger partial charge in [-0.3, -0.25) is 14.0 Å². The van der Waals surface area contributed by atoms with Crippen LogP contribution in [0, 0.1) is 0 Å². The second-order valence-electron chi connectivity index (χ2n) is 9.33. The van der Waals surface area contributed by atoms with Crippen molar-refractivity contribution >= 4 is 43.5 Å². The second kappa shape index (κ2) is 13.3. The Bertz CT molecular complexity index is 1950. The van der Waals surface area contributed by atoms with Gasteiger partial charge in [0, 0.05) is 37.3 Å². The third-order valence-electron chi connectivity index (χ3n) is 6.00. The summed E-state index contributed by atoms with van der Waals surface area (Å²) in [5.74, 6) is -0.683. The first-order chi connectivity index (χ1) is 20.4. The fourth-order valence-corrected chi connectivity index (χ4v) is 5.71. The van der Waals surface area contributed by atoms with Crippen molar-refractivity contribution in [1.29, 1.82) is 0 Å². The number of nitrogens with two attached hydrogens (primary N) is 1. The molecule has 0 saturated carbocycles. The highest BCUT2D eigenvalue weighted by Gasteiger charge is 2.17. The maximum atomic E-state index is 12.9. The number of aromatic nitrogens is 3. The second-order valence-corrected chi connectivity index (χ2v) is 12.6. The maximum Gasteiger partial charge on any atom is 0.269 e. The molecule has 0 aliphatic rings. The lowest BCUT2D eigenvalue weighted by Gasteiger charge is -2.06. The summed E-state index contributed by atoms with van der Waals surface area (Å²) in [6.07, 6.45) is 9.32. The topological polar surface area (TPSA) is 166 Å². The van der Waals surface area contributed by atoms with Crippen LogP contribution in [0.15, 0.2) is 121 Å². The van der Waals surface area contributed by atoms with Gasteiger partial charge in [0.05, 0.1) is 22.5 Å². The number of carbonyl (C=O) groups is 1. The van der Waals surface area contributed by atoms with Crippen molar-refractivity contribution in [3.05, 3.63) is 127 Å². The van der Waals surface area contributed by atoms with Crippen molar-refractivity contribution in [1.82, 2.24) is 13.8 Å². The predicted molar refractivity (Wildman–Crippen MR) is 166 cm³/mol. The Kier molecular flexibility index (Phi) is 9.60. The van der Waals surface area contributed by atoms with Crippen molar-refractivity contribution in [3.63, 3.8) is 0 Å². The quantitative estimate of drug-likeness (QED) is 0.130. The van der Waals surface area contributed by atoms with Crippen LogP contribution in [-0.2, 0) is 37.7 Å². The predicted octanol–water partition coefficient (Wildman–Crippen LogP) is 4.43. The van der Waals surface area contributed by atoms with E-state index in [0.717, 1.165) is 15.1 Å². The van der Waals surface area contributed by atoms with Crippen LogP contribution in [0.5, 0.6) is 0 Å². The van der Waals surface area contributed by atoms with Crippen LogP contribution in [0.4, 0.5) is 11.4 Å². The van der Waals surface area contributed by atoms with E-state index in [1.54, 1.807) is 95.8 Å². The molecule has 0 aliphatic heterocycles. The highest BCUT2D eigenvalue weighted by molar-refractivity contribution is 7.90. The Morgan fingerprint density at radius 1 is 0.907 bits per heavy atom. The number of nitrogen functional groups attached to an aromatic ring is 1. The van der Waals surface area contributed by atoms with Gasteiger partial charge >= 0.3 is 0 Å². The lowest BCUT2D eigenvalue weighted by molar-refractivity contribution is -0.111. The number of hydrogen-bond donors (Lipinski definition) is 3. The van der Waals surface area contributed by atoms with Gasteiger partial charge in [-0.05, 0) is 53.1 Å². The average Bonchev–Trinajstić information content (AvgIpc) is 3.63. The molecule has 43 heavy (non-hydrogen) atoms. The molecule has 222 valence electrons. The zero-order valence-corrected chi connectivity index (χ0v) is 24.6. The Hall–Kier alpha value is -4.98. The Morgan fingerprint density at radius 3 is 2.21 bits per heavy atom. The molecule has 0 spiro atoms. The molecule has 2 heterocycles. The third-order valence-corrected chi connectivity index (χ3v) is 8.34. The molecule has 13 heteroatoms. The van der Waals surface area contributed by atoms with Gasteiger partial charge in [0.15, 0.2) is 0 Å². The summed E-state index contributed by atoms with van der Waals surface area (Å²) in [7, 11) is -5.82. The lowest BCUT2D eigenvalue weighted by Crippen LogP contribution is -2.10. The van der Waals surface area contributed by atoms with Crippen molar-refractivity contribution in [2.24, 2.45) is 7.05 Å². The average molecular weight is 620 g/mol. The van der Waals surface area contributed by atoms with Crippen molar-refractivity contribution in [2.45, 2.75) is 10.6 Å². The first-order valence-electron chi connectivity index (χ1n) is 12.8. The molecule has 0 aliphatic carbocycles. The molecule has 2 aromatic heterocycles. The molecular weight excluding hydrogens is 590 g/mol. The van der Waals surface area contributed by atoms with E-state index in [2.05, 4.69) is 10.4 Å². The minimum Gasteiger partial charge on any atom is -0.397 e. The minimum atomic E-state index is -3.88. The van der Waals surface area contributed by atoms with Crippen LogP contribution in [0.25, 0.3) is 17.2 Å². The number of amides is 1. The van der Waals surface area contributed by atoms with Gasteiger partial charge in [-0.2, -0.15) is 13.5 Å². The Morgan fingerprint density at radius 2 is 1.58 bits per heavy atom. The zero-order valence-electron chi connectivity index (χ0n) is 23.0. The first-order valence-corrected chi connectivity index (χ1v) is 15.8. The molecular formula is C30H29N5O6S2. The number of hydrogen-bond acceptors (Lipinski definition) is 7. The van der Waals surface area contributed by atoms with Gasteiger partial charge in [-0.25, -0.2) is 12.4 Å². The molecule has 3 aromatic carbocycles. The molecule has 5 rings (SSSR count).